The average molecular weight is 281 g/mol. The van der Waals surface area contributed by atoms with E-state index in [0.717, 1.165) is 12.8 Å². The van der Waals surface area contributed by atoms with Gasteiger partial charge in [0.1, 0.15) is 5.69 Å². The van der Waals surface area contributed by atoms with Crippen LogP contribution in [0.4, 0.5) is 0 Å². The highest BCUT2D eigenvalue weighted by Gasteiger charge is 2.31. The Hall–Kier alpha value is -1.30. The standard InChI is InChI=1S/C13H19N3O2S/c1-19-13(7-3-2-4-8-13)9-14-12(18)10-5-6-11(17)16-15-10/h5-6H,2-4,7-9H2,1H3,(H,14,18)(H,16,17). The van der Waals surface area contributed by atoms with Crippen LogP contribution in [0.5, 0.6) is 0 Å². The molecule has 104 valence electrons. The summed E-state index contributed by atoms with van der Waals surface area (Å²) in [7, 11) is 0. The Morgan fingerprint density at radius 2 is 2.16 bits per heavy atom. The third-order valence-corrected chi connectivity index (χ3v) is 5.10. The lowest BCUT2D eigenvalue weighted by Gasteiger charge is -2.35. The molecule has 19 heavy (non-hydrogen) atoms. The molecule has 0 aliphatic heterocycles. The molecule has 2 N–H and O–H groups in total. The van der Waals surface area contributed by atoms with E-state index in [4.69, 9.17) is 0 Å². The first-order chi connectivity index (χ1) is 9.15. The Balaban J connectivity index is 1.95. The van der Waals surface area contributed by atoms with Crippen molar-refractivity contribution in [2.24, 2.45) is 0 Å². The van der Waals surface area contributed by atoms with Crippen molar-refractivity contribution in [1.29, 1.82) is 0 Å². The van der Waals surface area contributed by atoms with Crippen LogP contribution in [0, 0.1) is 0 Å². The van der Waals surface area contributed by atoms with E-state index in [1.54, 1.807) is 0 Å². The number of amides is 1. The lowest BCUT2D eigenvalue weighted by Crippen LogP contribution is -2.42. The first-order valence-corrected chi connectivity index (χ1v) is 7.77. The van der Waals surface area contributed by atoms with E-state index in [-0.39, 0.29) is 21.9 Å². The molecule has 6 heteroatoms. The normalized spacial score (nSPS) is 17.9. The molecule has 1 aliphatic rings. The van der Waals surface area contributed by atoms with Gasteiger partial charge in [-0.05, 0) is 25.2 Å². The van der Waals surface area contributed by atoms with E-state index in [9.17, 15) is 9.59 Å². The van der Waals surface area contributed by atoms with Crippen LogP contribution in [0.1, 0.15) is 42.6 Å². The molecule has 0 aromatic carbocycles. The Kier molecular flexibility index (Phi) is 4.63. The minimum absolute atomic E-state index is 0.163. The number of aromatic nitrogens is 2. The Labute approximate surface area is 116 Å². The maximum Gasteiger partial charge on any atom is 0.271 e. The fraction of sp³-hybridized carbons (Fsp3) is 0.615. The molecule has 0 atom stereocenters. The van der Waals surface area contributed by atoms with E-state index in [1.165, 1.54) is 31.4 Å². The zero-order valence-corrected chi connectivity index (χ0v) is 11.9. The fourth-order valence-corrected chi connectivity index (χ4v) is 3.37. The molecule has 1 aromatic rings. The van der Waals surface area contributed by atoms with E-state index in [1.807, 2.05) is 11.8 Å². The molecule has 0 unspecified atom stereocenters. The molecule has 1 saturated carbocycles. The van der Waals surface area contributed by atoms with Gasteiger partial charge in [0.25, 0.3) is 11.5 Å². The number of carbonyl (C=O) groups excluding carboxylic acids is 1. The summed E-state index contributed by atoms with van der Waals surface area (Å²) < 4.78 is 0.163. The quantitative estimate of drug-likeness (QED) is 0.878. The summed E-state index contributed by atoms with van der Waals surface area (Å²) in [6.45, 7) is 0.661. The highest BCUT2D eigenvalue weighted by atomic mass is 32.2. The second kappa shape index (κ2) is 6.23. The van der Waals surface area contributed by atoms with Crippen molar-refractivity contribution in [2.45, 2.75) is 36.9 Å². The number of hydrogen-bond donors (Lipinski definition) is 2. The zero-order chi connectivity index (χ0) is 13.7. The van der Waals surface area contributed by atoms with Crippen molar-refractivity contribution in [3.8, 4) is 0 Å². The maximum absolute atomic E-state index is 12.0. The predicted octanol–water partition coefficient (Wildman–Crippen LogP) is 1.57. The Morgan fingerprint density at radius 1 is 1.42 bits per heavy atom. The van der Waals surface area contributed by atoms with Gasteiger partial charge in [0.05, 0.1) is 0 Å². The summed E-state index contributed by atoms with van der Waals surface area (Å²) in [5, 5.41) is 8.94. The second-order valence-corrected chi connectivity index (χ2v) is 6.21. The van der Waals surface area contributed by atoms with Gasteiger partial charge in [0.2, 0.25) is 0 Å². The summed E-state index contributed by atoms with van der Waals surface area (Å²) >= 11 is 1.84. The molecule has 1 amide bonds. The third-order valence-electron chi connectivity index (χ3n) is 3.68. The SMILES string of the molecule is CSC1(CNC(=O)c2ccc(=O)[nH]n2)CCCCC1. The lowest BCUT2D eigenvalue weighted by atomic mass is 9.88. The summed E-state index contributed by atoms with van der Waals surface area (Å²) in [6.07, 6.45) is 8.15. The molecular weight excluding hydrogens is 262 g/mol. The van der Waals surface area contributed by atoms with Crippen molar-refractivity contribution in [3.05, 3.63) is 28.2 Å². The summed E-state index contributed by atoms with van der Waals surface area (Å²) in [5.74, 6) is -0.227. The lowest BCUT2D eigenvalue weighted by molar-refractivity contribution is 0.0941. The minimum atomic E-state index is -0.301. The van der Waals surface area contributed by atoms with E-state index >= 15 is 0 Å². The first kappa shape index (κ1) is 14.1. The van der Waals surface area contributed by atoms with Gasteiger partial charge in [0, 0.05) is 17.4 Å². The topological polar surface area (TPSA) is 74.8 Å². The Morgan fingerprint density at radius 3 is 2.74 bits per heavy atom. The van der Waals surface area contributed by atoms with Crippen LogP contribution >= 0.6 is 11.8 Å². The van der Waals surface area contributed by atoms with Gasteiger partial charge in [-0.15, -0.1) is 0 Å². The highest BCUT2D eigenvalue weighted by molar-refractivity contribution is 8.00. The molecule has 2 rings (SSSR count). The first-order valence-electron chi connectivity index (χ1n) is 6.54. The molecular formula is C13H19N3O2S. The molecule has 0 spiro atoms. The van der Waals surface area contributed by atoms with E-state index in [0.29, 0.717) is 6.54 Å². The number of nitrogens with zero attached hydrogens (tertiary/aromatic N) is 1. The number of carbonyl (C=O) groups is 1. The highest BCUT2D eigenvalue weighted by Crippen LogP contribution is 2.37. The molecule has 1 fully saturated rings. The van der Waals surface area contributed by atoms with Crippen molar-refractivity contribution < 1.29 is 4.79 Å². The van der Waals surface area contributed by atoms with Crippen molar-refractivity contribution in [1.82, 2.24) is 15.5 Å². The number of hydrogen-bond acceptors (Lipinski definition) is 4. The number of nitrogens with one attached hydrogen (secondary N) is 2. The molecule has 1 aromatic heterocycles. The Bertz CT molecular complexity index is 474. The smallest absolute Gasteiger partial charge is 0.271 e. The number of thioether (sulfide) groups is 1. The van der Waals surface area contributed by atoms with Gasteiger partial charge in [-0.25, -0.2) is 5.10 Å². The van der Waals surface area contributed by atoms with Crippen LogP contribution in [0.25, 0.3) is 0 Å². The van der Waals surface area contributed by atoms with Gasteiger partial charge in [-0.3, -0.25) is 9.59 Å². The minimum Gasteiger partial charge on any atom is -0.349 e. The third kappa shape index (κ3) is 3.59. The van der Waals surface area contributed by atoms with Gasteiger partial charge in [-0.2, -0.15) is 16.9 Å². The average Bonchev–Trinajstić information content (AvgIpc) is 2.46. The molecule has 0 radical (unpaired) electrons. The fourth-order valence-electron chi connectivity index (χ4n) is 2.45. The number of rotatable bonds is 4. The van der Waals surface area contributed by atoms with Crippen LogP contribution in [0.3, 0.4) is 0 Å². The van der Waals surface area contributed by atoms with Crippen molar-refractivity contribution in [3.63, 3.8) is 0 Å². The van der Waals surface area contributed by atoms with Crippen molar-refractivity contribution in [2.75, 3.05) is 12.8 Å². The molecule has 5 nitrogen and oxygen atoms in total. The molecule has 0 saturated heterocycles. The molecule has 1 heterocycles. The predicted molar refractivity (Wildman–Crippen MR) is 76.5 cm³/mol. The maximum atomic E-state index is 12.0. The summed E-state index contributed by atoms with van der Waals surface area (Å²) in [4.78, 5) is 22.8. The summed E-state index contributed by atoms with van der Waals surface area (Å²) in [5.41, 5.74) is -0.0453. The van der Waals surface area contributed by atoms with Crippen LogP contribution < -0.4 is 10.9 Å². The largest absolute Gasteiger partial charge is 0.349 e. The van der Waals surface area contributed by atoms with Crippen molar-refractivity contribution >= 4 is 17.7 Å². The van der Waals surface area contributed by atoms with Crippen LogP contribution in [0.2, 0.25) is 0 Å². The van der Waals surface area contributed by atoms with Crippen LogP contribution in [0.15, 0.2) is 16.9 Å². The van der Waals surface area contributed by atoms with Crippen LogP contribution in [-0.4, -0.2) is 33.7 Å². The van der Waals surface area contributed by atoms with E-state index < -0.39 is 0 Å². The van der Waals surface area contributed by atoms with Gasteiger partial charge >= 0.3 is 0 Å². The van der Waals surface area contributed by atoms with Gasteiger partial charge < -0.3 is 5.32 Å². The monoisotopic (exact) mass is 281 g/mol. The summed E-state index contributed by atoms with van der Waals surface area (Å²) in [6, 6.07) is 2.76. The molecule has 1 aliphatic carbocycles. The number of aromatic amines is 1. The van der Waals surface area contributed by atoms with Gasteiger partial charge in [-0.1, -0.05) is 19.3 Å². The van der Waals surface area contributed by atoms with Crippen LogP contribution in [-0.2, 0) is 0 Å². The zero-order valence-electron chi connectivity index (χ0n) is 11.1. The van der Waals surface area contributed by atoms with Gasteiger partial charge in [0.15, 0.2) is 0 Å². The second-order valence-electron chi connectivity index (χ2n) is 4.94. The van der Waals surface area contributed by atoms with E-state index in [2.05, 4.69) is 21.8 Å². The molecule has 0 bridgehead atoms. The number of H-pyrrole nitrogens is 1.